The lowest BCUT2D eigenvalue weighted by atomic mass is 10.3. The molecule has 1 aromatic rings. The molecule has 0 radical (unpaired) electrons. The Balaban J connectivity index is 0.000000754. The van der Waals surface area contributed by atoms with Crippen LogP contribution in [0.15, 0.2) is 15.7 Å². The molecule has 1 aromatic heterocycles. The molecule has 1 heterocycles. The lowest BCUT2D eigenvalue weighted by molar-refractivity contribution is -0.159. The van der Waals surface area contributed by atoms with Crippen LogP contribution in [-0.4, -0.2) is 55.8 Å². The third kappa shape index (κ3) is 6.78. The lowest BCUT2D eigenvalue weighted by Gasteiger charge is -2.18. The number of aryl methyl sites for hydroxylation is 1. The zero-order valence-corrected chi connectivity index (χ0v) is 14.5. The van der Waals surface area contributed by atoms with Crippen molar-refractivity contribution in [1.82, 2.24) is 14.0 Å². The second kappa shape index (κ2) is 10.4. The van der Waals surface area contributed by atoms with Gasteiger partial charge in [0.25, 0.3) is 5.56 Å². The highest BCUT2D eigenvalue weighted by molar-refractivity contribution is 6.27. The summed E-state index contributed by atoms with van der Waals surface area (Å²) in [6.07, 6.45) is 0.917. The SMILES string of the molecule is CCN(CC)CCCn1c(C)cc(=O)n(C)c1=O.O=C(O)C(=O)O. The van der Waals surface area contributed by atoms with E-state index < -0.39 is 11.9 Å². The minimum Gasteiger partial charge on any atom is -0.473 e. The number of aromatic nitrogens is 2. The number of hydrogen-bond donors (Lipinski definition) is 2. The Kier molecular flexibility index (Phi) is 9.33. The Labute approximate surface area is 139 Å². The zero-order valence-electron chi connectivity index (χ0n) is 14.5. The Morgan fingerprint density at radius 1 is 1.12 bits per heavy atom. The first-order valence-corrected chi connectivity index (χ1v) is 7.61. The number of carboxylic acid groups (broad SMARTS) is 2. The molecule has 0 saturated carbocycles. The standard InChI is InChI=1S/C13H23N3O2.C2H2O4/c1-5-15(6-2)8-7-9-16-11(3)10-12(17)14(4)13(16)18;3-1(4)2(5)6/h10H,5-9H2,1-4H3;(H,3,4)(H,5,6). The van der Waals surface area contributed by atoms with Gasteiger partial charge in [0.2, 0.25) is 0 Å². The normalized spacial score (nSPS) is 10.2. The molecule has 0 amide bonds. The summed E-state index contributed by atoms with van der Waals surface area (Å²) in [4.78, 5) is 43.9. The van der Waals surface area contributed by atoms with Crippen LogP contribution >= 0.6 is 0 Å². The number of nitrogens with zero attached hydrogens (tertiary/aromatic N) is 3. The van der Waals surface area contributed by atoms with Gasteiger partial charge in [0.15, 0.2) is 0 Å². The predicted molar refractivity (Wildman–Crippen MR) is 88.4 cm³/mol. The van der Waals surface area contributed by atoms with Gasteiger partial charge in [-0.05, 0) is 33.0 Å². The Bertz CT molecular complexity index is 661. The smallest absolute Gasteiger partial charge is 0.414 e. The third-order valence-corrected chi connectivity index (χ3v) is 3.54. The van der Waals surface area contributed by atoms with E-state index in [4.69, 9.17) is 19.8 Å². The molecule has 0 aliphatic carbocycles. The van der Waals surface area contributed by atoms with E-state index in [1.54, 1.807) is 11.5 Å². The average molecular weight is 343 g/mol. The molecule has 0 aliphatic heterocycles. The van der Waals surface area contributed by atoms with Crippen molar-refractivity contribution in [2.75, 3.05) is 19.6 Å². The highest BCUT2D eigenvalue weighted by Gasteiger charge is 2.06. The van der Waals surface area contributed by atoms with Crippen LogP contribution in [0.3, 0.4) is 0 Å². The zero-order chi connectivity index (χ0) is 18.9. The van der Waals surface area contributed by atoms with E-state index in [0.717, 1.165) is 36.3 Å². The van der Waals surface area contributed by atoms with E-state index in [1.165, 1.54) is 13.1 Å². The van der Waals surface area contributed by atoms with Crippen LogP contribution in [0.2, 0.25) is 0 Å². The number of carboxylic acids is 2. The van der Waals surface area contributed by atoms with E-state index >= 15 is 0 Å². The van der Waals surface area contributed by atoms with Crippen molar-refractivity contribution in [3.8, 4) is 0 Å². The van der Waals surface area contributed by atoms with Gasteiger partial charge in [-0.3, -0.25) is 13.9 Å². The second-order valence-electron chi connectivity index (χ2n) is 5.11. The van der Waals surface area contributed by atoms with Crippen LogP contribution in [0, 0.1) is 6.92 Å². The molecule has 1 rings (SSSR count). The summed E-state index contributed by atoms with van der Waals surface area (Å²) in [5.41, 5.74) is 0.277. The van der Waals surface area contributed by atoms with E-state index in [0.29, 0.717) is 6.54 Å². The molecule has 0 aliphatic rings. The summed E-state index contributed by atoms with van der Waals surface area (Å²) in [5.74, 6) is -3.65. The first-order valence-electron chi connectivity index (χ1n) is 7.61. The Morgan fingerprint density at radius 2 is 1.62 bits per heavy atom. The van der Waals surface area contributed by atoms with Gasteiger partial charge in [0.1, 0.15) is 0 Å². The molecule has 9 nitrogen and oxygen atoms in total. The fourth-order valence-electron chi connectivity index (χ4n) is 2.04. The minimum atomic E-state index is -1.82. The fourth-order valence-corrected chi connectivity index (χ4v) is 2.04. The van der Waals surface area contributed by atoms with Gasteiger partial charge in [-0.2, -0.15) is 0 Å². The van der Waals surface area contributed by atoms with Crippen molar-refractivity contribution in [1.29, 1.82) is 0 Å². The highest BCUT2D eigenvalue weighted by Crippen LogP contribution is 1.96. The van der Waals surface area contributed by atoms with Crippen molar-refractivity contribution >= 4 is 11.9 Å². The molecule has 0 aromatic carbocycles. The average Bonchev–Trinajstić information content (AvgIpc) is 2.52. The van der Waals surface area contributed by atoms with Crippen molar-refractivity contribution in [2.45, 2.75) is 33.7 Å². The van der Waals surface area contributed by atoms with Gasteiger partial charge >= 0.3 is 17.6 Å². The second-order valence-corrected chi connectivity index (χ2v) is 5.11. The first-order chi connectivity index (χ1) is 11.1. The van der Waals surface area contributed by atoms with Gasteiger partial charge in [0.05, 0.1) is 0 Å². The summed E-state index contributed by atoms with van der Waals surface area (Å²) in [6.45, 7) is 9.76. The fraction of sp³-hybridized carbons (Fsp3) is 0.600. The summed E-state index contributed by atoms with van der Waals surface area (Å²) in [6, 6.07) is 1.51. The summed E-state index contributed by atoms with van der Waals surface area (Å²) in [5, 5.41) is 14.8. The maximum Gasteiger partial charge on any atom is 0.414 e. The van der Waals surface area contributed by atoms with E-state index in [1.807, 2.05) is 0 Å². The molecule has 2 N–H and O–H groups in total. The first kappa shape index (κ1) is 21.6. The van der Waals surface area contributed by atoms with Crippen molar-refractivity contribution in [2.24, 2.45) is 7.05 Å². The number of carbonyl (C=O) groups is 2. The molecule has 9 heteroatoms. The minimum absolute atomic E-state index is 0.223. The third-order valence-electron chi connectivity index (χ3n) is 3.54. The highest BCUT2D eigenvalue weighted by atomic mass is 16.4. The van der Waals surface area contributed by atoms with Crippen LogP contribution in [0.25, 0.3) is 0 Å². The summed E-state index contributed by atoms with van der Waals surface area (Å²) in [7, 11) is 1.52. The van der Waals surface area contributed by atoms with Crippen LogP contribution in [0.5, 0.6) is 0 Å². The topological polar surface area (TPSA) is 122 Å². The summed E-state index contributed by atoms with van der Waals surface area (Å²) < 4.78 is 2.83. The Hall–Kier alpha value is -2.42. The van der Waals surface area contributed by atoms with Crippen molar-refractivity contribution in [3.63, 3.8) is 0 Å². The number of rotatable bonds is 6. The van der Waals surface area contributed by atoms with Gasteiger partial charge in [-0.1, -0.05) is 13.8 Å². The monoisotopic (exact) mass is 343 g/mol. The molecule has 136 valence electrons. The predicted octanol–water partition coefficient (Wildman–Crippen LogP) is -0.257. The van der Waals surface area contributed by atoms with Gasteiger partial charge in [-0.25, -0.2) is 14.4 Å². The molecule has 0 atom stereocenters. The Morgan fingerprint density at radius 3 is 2.04 bits per heavy atom. The molecule has 24 heavy (non-hydrogen) atoms. The van der Waals surface area contributed by atoms with E-state index in [9.17, 15) is 9.59 Å². The van der Waals surface area contributed by atoms with Crippen LogP contribution < -0.4 is 11.2 Å². The molecule has 0 spiro atoms. The molecule has 0 fully saturated rings. The molecule has 0 unspecified atom stereocenters. The lowest BCUT2D eigenvalue weighted by Crippen LogP contribution is -2.39. The summed E-state index contributed by atoms with van der Waals surface area (Å²) >= 11 is 0. The van der Waals surface area contributed by atoms with E-state index in [2.05, 4.69) is 18.7 Å². The number of aliphatic carboxylic acids is 2. The largest absolute Gasteiger partial charge is 0.473 e. The molecular weight excluding hydrogens is 318 g/mol. The van der Waals surface area contributed by atoms with Crippen LogP contribution in [0.4, 0.5) is 0 Å². The van der Waals surface area contributed by atoms with Gasteiger partial charge in [0, 0.05) is 25.4 Å². The van der Waals surface area contributed by atoms with Crippen molar-refractivity contribution < 1.29 is 19.8 Å². The molecule has 0 saturated heterocycles. The quantitative estimate of drug-likeness (QED) is 0.683. The van der Waals surface area contributed by atoms with Crippen LogP contribution in [0.1, 0.15) is 26.0 Å². The maximum atomic E-state index is 11.9. The molecule has 0 bridgehead atoms. The van der Waals surface area contributed by atoms with E-state index in [-0.39, 0.29) is 11.2 Å². The number of hydrogen-bond acceptors (Lipinski definition) is 5. The van der Waals surface area contributed by atoms with Gasteiger partial charge < -0.3 is 15.1 Å². The maximum absolute atomic E-state index is 11.9. The van der Waals surface area contributed by atoms with Gasteiger partial charge in [-0.15, -0.1) is 0 Å². The molecular formula is C15H25N3O6. The van der Waals surface area contributed by atoms with Crippen molar-refractivity contribution in [3.05, 3.63) is 32.6 Å². The van der Waals surface area contributed by atoms with Crippen LogP contribution in [-0.2, 0) is 23.2 Å².